The molecule has 0 atom stereocenters. The van der Waals surface area contributed by atoms with Crippen molar-refractivity contribution in [1.82, 2.24) is 9.97 Å². The second kappa shape index (κ2) is 6.48. The van der Waals surface area contributed by atoms with Crippen molar-refractivity contribution in [2.45, 2.75) is 13.8 Å². The van der Waals surface area contributed by atoms with E-state index < -0.39 is 5.97 Å². The summed E-state index contributed by atoms with van der Waals surface area (Å²) in [5.41, 5.74) is 0.152. The van der Waals surface area contributed by atoms with Gasteiger partial charge in [-0.25, -0.2) is 14.8 Å². The Kier molecular flexibility index (Phi) is 4.95. The number of esters is 1. The second-order valence-corrected chi connectivity index (χ2v) is 3.72. The van der Waals surface area contributed by atoms with E-state index in [1.807, 2.05) is 13.8 Å². The third-order valence-corrected chi connectivity index (χ3v) is 1.69. The Bertz CT molecular complexity index is 407. The van der Waals surface area contributed by atoms with Gasteiger partial charge in [0.05, 0.1) is 19.0 Å². The molecular weight excluding hydrogens is 220 g/mol. The van der Waals surface area contributed by atoms with Crippen LogP contribution in [0.15, 0.2) is 12.4 Å². The molecule has 0 aromatic carbocycles. The molecule has 0 fully saturated rings. The lowest BCUT2D eigenvalue weighted by molar-refractivity contribution is 0.0451. The van der Waals surface area contributed by atoms with Crippen molar-refractivity contribution in [3.8, 4) is 18.2 Å². The van der Waals surface area contributed by atoms with Gasteiger partial charge in [-0.3, -0.25) is 0 Å². The molecule has 0 bridgehead atoms. The number of carbonyl (C=O) groups excluding carboxylic acids is 1. The minimum absolute atomic E-state index is 0.117. The first-order chi connectivity index (χ1) is 8.13. The number of aromatic nitrogens is 2. The Morgan fingerprint density at radius 1 is 1.47 bits per heavy atom. The molecule has 0 saturated carbocycles. The first kappa shape index (κ1) is 13.0. The molecule has 90 valence electrons. The van der Waals surface area contributed by atoms with Gasteiger partial charge in [0.2, 0.25) is 5.88 Å². The highest BCUT2D eigenvalue weighted by molar-refractivity contribution is 5.86. The van der Waals surface area contributed by atoms with Crippen molar-refractivity contribution in [3.05, 3.63) is 18.1 Å². The monoisotopic (exact) mass is 234 g/mol. The fraction of sp³-hybridized carbons (Fsp3) is 0.417. The molecule has 0 aliphatic heterocycles. The SMILES string of the molecule is C#CCOc1cnc(C(=O)OCC(C)C)cn1. The molecule has 0 amide bonds. The Balaban J connectivity index is 2.55. The van der Waals surface area contributed by atoms with Crippen LogP contribution in [-0.2, 0) is 4.74 Å². The summed E-state index contributed by atoms with van der Waals surface area (Å²) in [6.07, 6.45) is 7.66. The Labute approximate surface area is 100 Å². The quantitative estimate of drug-likeness (QED) is 0.567. The molecule has 1 aromatic heterocycles. The van der Waals surface area contributed by atoms with Crippen LogP contribution in [0.2, 0.25) is 0 Å². The Morgan fingerprint density at radius 3 is 2.76 bits per heavy atom. The molecule has 0 aliphatic rings. The van der Waals surface area contributed by atoms with Crippen LogP contribution >= 0.6 is 0 Å². The number of hydrogen-bond donors (Lipinski definition) is 0. The normalized spacial score (nSPS) is 9.76. The van der Waals surface area contributed by atoms with E-state index in [1.165, 1.54) is 12.4 Å². The average Bonchev–Trinajstić information content (AvgIpc) is 2.34. The van der Waals surface area contributed by atoms with Crippen molar-refractivity contribution in [1.29, 1.82) is 0 Å². The zero-order chi connectivity index (χ0) is 12.7. The van der Waals surface area contributed by atoms with Crippen molar-refractivity contribution in [3.63, 3.8) is 0 Å². The van der Waals surface area contributed by atoms with Crippen LogP contribution in [0.5, 0.6) is 5.88 Å². The van der Waals surface area contributed by atoms with Gasteiger partial charge in [-0.15, -0.1) is 6.42 Å². The van der Waals surface area contributed by atoms with Crippen LogP contribution in [0.3, 0.4) is 0 Å². The lowest BCUT2D eigenvalue weighted by Crippen LogP contribution is -2.12. The highest BCUT2D eigenvalue weighted by Crippen LogP contribution is 2.05. The first-order valence-electron chi connectivity index (χ1n) is 5.19. The molecule has 1 aromatic rings. The largest absolute Gasteiger partial charge is 0.463 e. The van der Waals surface area contributed by atoms with E-state index >= 15 is 0 Å². The van der Waals surface area contributed by atoms with E-state index in [9.17, 15) is 4.79 Å². The van der Waals surface area contributed by atoms with Crippen LogP contribution in [0.1, 0.15) is 24.3 Å². The predicted molar refractivity (Wildman–Crippen MR) is 61.5 cm³/mol. The van der Waals surface area contributed by atoms with E-state index in [2.05, 4.69) is 15.9 Å². The molecule has 17 heavy (non-hydrogen) atoms. The minimum Gasteiger partial charge on any atom is -0.463 e. The van der Waals surface area contributed by atoms with Crippen LogP contribution < -0.4 is 4.74 Å². The van der Waals surface area contributed by atoms with Gasteiger partial charge < -0.3 is 9.47 Å². The van der Waals surface area contributed by atoms with Gasteiger partial charge in [-0.2, -0.15) is 0 Å². The molecule has 0 aliphatic carbocycles. The molecule has 1 heterocycles. The van der Waals surface area contributed by atoms with Crippen LogP contribution in [0, 0.1) is 18.3 Å². The first-order valence-corrected chi connectivity index (χ1v) is 5.19. The topological polar surface area (TPSA) is 61.3 Å². The van der Waals surface area contributed by atoms with Crippen molar-refractivity contribution >= 4 is 5.97 Å². The summed E-state index contributed by atoms with van der Waals surface area (Å²) in [6.45, 7) is 4.38. The van der Waals surface area contributed by atoms with Gasteiger partial charge >= 0.3 is 5.97 Å². The maximum Gasteiger partial charge on any atom is 0.358 e. The van der Waals surface area contributed by atoms with Crippen molar-refractivity contribution < 1.29 is 14.3 Å². The maximum atomic E-state index is 11.5. The van der Waals surface area contributed by atoms with Gasteiger partial charge in [0.25, 0.3) is 0 Å². The summed E-state index contributed by atoms with van der Waals surface area (Å²) in [4.78, 5) is 19.2. The highest BCUT2D eigenvalue weighted by atomic mass is 16.5. The average molecular weight is 234 g/mol. The van der Waals surface area contributed by atoms with E-state index in [-0.39, 0.29) is 24.1 Å². The lowest BCUT2D eigenvalue weighted by Gasteiger charge is -2.06. The number of nitrogens with zero attached hydrogens (tertiary/aromatic N) is 2. The van der Waals surface area contributed by atoms with Crippen molar-refractivity contribution in [2.75, 3.05) is 13.2 Å². The van der Waals surface area contributed by atoms with Crippen molar-refractivity contribution in [2.24, 2.45) is 5.92 Å². The summed E-state index contributed by atoms with van der Waals surface area (Å²) in [5, 5.41) is 0. The summed E-state index contributed by atoms with van der Waals surface area (Å²) < 4.78 is 10.0. The number of ether oxygens (including phenoxy) is 2. The standard InChI is InChI=1S/C12H14N2O3/c1-4-5-16-11-7-13-10(6-14-11)12(15)17-8-9(2)3/h1,6-7,9H,5,8H2,2-3H3. The smallest absolute Gasteiger partial charge is 0.358 e. The summed E-state index contributed by atoms with van der Waals surface area (Å²) in [6, 6.07) is 0. The van der Waals surface area contributed by atoms with Crippen LogP contribution in [-0.4, -0.2) is 29.2 Å². The zero-order valence-corrected chi connectivity index (χ0v) is 9.84. The molecular formula is C12H14N2O3. The molecule has 0 unspecified atom stereocenters. The number of rotatable bonds is 5. The molecule has 0 radical (unpaired) electrons. The van der Waals surface area contributed by atoms with E-state index in [0.717, 1.165) is 0 Å². The van der Waals surface area contributed by atoms with Gasteiger partial charge in [0, 0.05) is 0 Å². The third kappa shape index (κ3) is 4.51. The molecule has 5 nitrogen and oxygen atoms in total. The predicted octanol–water partition coefficient (Wildman–Crippen LogP) is 1.30. The Morgan fingerprint density at radius 2 is 2.24 bits per heavy atom. The van der Waals surface area contributed by atoms with Crippen LogP contribution in [0.25, 0.3) is 0 Å². The molecule has 5 heteroatoms. The highest BCUT2D eigenvalue weighted by Gasteiger charge is 2.10. The van der Waals surface area contributed by atoms with E-state index in [1.54, 1.807) is 0 Å². The maximum absolute atomic E-state index is 11.5. The second-order valence-electron chi connectivity index (χ2n) is 3.72. The number of hydrogen-bond acceptors (Lipinski definition) is 5. The summed E-state index contributed by atoms with van der Waals surface area (Å²) >= 11 is 0. The molecule has 0 saturated heterocycles. The van der Waals surface area contributed by atoms with Gasteiger partial charge in [0.1, 0.15) is 0 Å². The van der Waals surface area contributed by atoms with Gasteiger partial charge in [0.15, 0.2) is 12.3 Å². The summed E-state index contributed by atoms with van der Waals surface area (Å²) in [7, 11) is 0. The van der Waals surface area contributed by atoms with Crippen LogP contribution in [0.4, 0.5) is 0 Å². The summed E-state index contributed by atoms with van der Waals surface area (Å²) in [5.74, 6) is 2.38. The third-order valence-electron chi connectivity index (χ3n) is 1.69. The molecule has 1 rings (SSSR count). The zero-order valence-electron chi connectivity index (χ0n) is 9.84. The van der Waals surface area contributed by atoms with E-state index in [0.29, 0.717) is 6.61 Å². The van der Waals surface area contributed by atoms with E-state index in [4.69, 9.17) is 15.9 Å². The fourth-order valence-electron chi connectivity index (χ4n) is 0.928. The minimum atomic E-state index is -0.491. The molecule has 0 N–H and O–H groups in total. The van der Waals surface area contributed by atoms with Gasteiger partial charge in [-0.05, 0) is 5.92 Å². The van der Waals surface area contributed by atoms with Gasteiger partial charge in [-0.1, -0.05) is 19.8 Å². The lowest BCUT2D eigenvalue weighted by atomic mass is 10.2. The number of carbonyl (C=O) groups is 1. The number of terminal acetylenes is 1. The fourth-order valence-corrected chi connectivity index (χ4v) is 0.928. The molecule has 0 spiro atoms. The Hall–Kier alpha value is -2.09.